The standard InChI is InChI=1S/C12H10F3NO/c1-2-7-4-3-5-8-6-9(17)11(12(13,14)15)16-10(7)8/h3-6,17H,2H2,1H3. The van der Waals surface area contributed by atoms with Gasteiger partial charge in [0.05, 0.1) is 5.52 Å². The van der Waals surface area contributed by atoms with E-state index in [4.69, 9.17) is 0 Å². The number of hydrogen-bond acceptors (Lipinski definition) is 2. The van der Waals surface area contributed by atoms with Gasteiger partial charge >= 0.3 is 6.18 Å². The Hall–Kier alpha value is -1.78. The molecule has 0 spiro atoms. The average molecular weight is 241 g/mol. The summed E-state index contributed by atoms with van der Waals surface area (Å²) in [6, 6.07) is 6.19. The van der Waals surface area contributed by atoms with Gasteiger partial charge in [0.15, 0.2) is 5.69 Å². The molecule has 0 aliphatic heterocycles. The summed E-state index contributed by atoms with van der Waals surface area (Å²) in [6.45, 7) is 1.84. The van der Waals surface area contributed by atoms with Gasteiger partial charge in [0.25, 0.3) is 0 Å². The van der Waals surface area contributed by atoms with Crippen LogP contribution in [0.3, 0.4) is 0 Å². The number of benzene rings is 1. The van der Waals surface area contributed by atoms with E-state index < -0.39 is 17.6 Å². The molecular weight excluding hydrogens is 231 g/mol. The summed E-state index contributed by atoms with van der Waals surface area (Å²) in [6.07, 6.45) is -4.05. The van der Waals surface area contributed by atoms with Crippen molar-refractivity contribution in [1.82, 2.24) is 4.98 Å². The molecule has 90 valence electrons. The fourth-order valence-corrected chi connectivity index (χ4v) is 1.74. The monoisotopic (exact) mass is 241 g/mol. The average Bonchev–Trinajstić information content (AvgIpc) is 2.25. The third kappa shape index (κ3) is 2.05. The first kappa shape index (κ1) is 11.7. The van der Waals surface area contributed by atoms with Gasteiger partial charge in [0.2, 0.25) is 0 Å². The Bertz CT molecular complexity index is 563. The number of hydrogen-bond donors (Lipinski definition) is 1. The molecule has 0 amide bonds. The van der Waals surface area contributed by atoms with Crippen LogP contribution < -0.4 is 0 Å². The van der Waals surface area contributed by atoms with Crippen molar-refractivity contribution in [3.63, 3.8) is 0 Å². The van der Waals surface area contributed by atoms with E-state index in [1.807, 2.05) is 6.92 Å². The lowest BCUT2D eigenvalue weighted by molar-refractivity contribution is -0.142. The summed E-state index contributed by atoms with van der Waals surface area (Å²) in [5.74, 6) is -0.835. The predicted octanol–water partition coefficient (Wildman–Crippen LogP) is 3.52. The Morgan fingerprint density at radius 3 is 2.59 bits per heavy atom. The van der Waals surface area contributed by atoms with Crippen molar-refractivity contribution < 1.29 is 18.3 Å². The lowest BCUT2D eigenvalue weighted by Gasteiger charge is -2.10. The fourth-order valence-electron chi connectivity index (χ4n) is 1.74. The number of alkyl halides is 3. The number of aryl methyl sites for hydroxylation is 1. The highest BCUT2D eigenvalue weighted by Gasteiger charge is 2.36. The normalized spacial score (nSPS) is 12.0. The SMILES string of the molecule is CCc1cccc2cc(O)c(C(F)(F)F)nc12. The molecule has 0 atom stereocenters. The van der Waals surface area contributed by atoms with Crippen molar-refractivity contribution in [2.24, 2.45) is 0 Å². The van der Waals surface area contributed by atoms with Gasteiger partial charge in [-0.05, 0) is 18.1 Å². The molecule has 0 radical (unpaired) electrons. The number of aromatic nitrogens is 1. The van der Waals surface area contributed by atoms with Crippen LogP contribution in [0.2, 0.25) is 0 Å². The third-order valence-electron chi connectivity index (χ3n) is 2.56. The molecule has 5 heteroatoms. The summed E-state index contributed by atoms with van der Waals surface area (Å²) in [4.78, 5) is 3.54. The molecule has 1 heterocycles. The van der Waals surface area contributed by atoms with Crippen LogP contribution in [0.5, 0.6) is 5.75 Å². The van der Waals surface area contributed by atoms with Crippen LogP contribution in [0.4, 0.5) is 13.2 Å². The van der Waals surface area contributed by atoms with Gasteiger partial charge in [0.1, 0.15) is 5.75 Å². The van der Waals surface area contributed by atoms with E-state index in [1.54, 1.807) is 18.2 Å². The Balaban J connectivity index is 2.78. The molecule has 0 aliphatic carbocycles. The summed E-state index contributed by atoms with van der Waals surface area (Å²) in [5, 5.41) is 9.83. The smallest absolute Gasteiger partial charge is 0.437 e. The number of nitrogens with zero attached hydrogens (tertiary/aromatic N) is 1. The van der Waals surface area contributed by atoms with Gasteiger partial charge in [-0.15, -0.1) is 0 Å². The van der Waals surface area contributed by atoms with Crippen LogP contribution in [0.25, 0.3) is 10.9 Å². The van der Waals surface area contributed by atoms with Crippen molar-refractivity contribution in [2.45, 2.75) is 19.5 Å². The molecule has 0 saturated heterocycles. The summed E-state index contributed by atoms with van der Waals surface area (Å²) < 4.78 is 37.8. The molecule has 1 aromatic carbocycles. The first-order chi connectivity index (χ1) is 7.93. The second-order valence-corrected chi connectivity index (χ2v) is 3.70. The van der Waals surface area contributed by atoms with E-state index in [0.29, 0.717) is 17.3 Å². The molecule has 0 bridgehead atoms. The minimum Gasteiger partial charge on any atom is -0.506 e. The van der Waals surface area contributed by atoms with Crippen molar-refractivity contribution >= 4 is 10.9 Å². The lowest BCUT2D eigenvalue weighted by atomic mass is 10.1. The molecule has 0 fully saturated rings. The number of rotatable bonds is 1. The van der Waals surface area contributed by atoms with E-state index in [1.165, 1.54) is 0 Å². The zero-order chi connectivity index (χ0) is 12.6. The van der Waals surface area contributed by atoms with E-state index in [9.17, 15) is 18.3 Å². The fraction of sp³-hybridized carbons (Fsp3) is 0.250. The van der Waals surface area contributed by atoms with Gasteiger partial charge in [-0.3, -0.25) is 0 Å². The van der Waals surface area contributed by atoms with Crippen LogP contribution >= 0.6 is 0 Å². The van der Waals surface area contributed by atoms with Crippen LogP contribution in [-0.2, 0) is 12.6 Å². The van der Waals surface area contributed by atoms with Crippen molar-refractivity contribution in [3.8, 4) is 5.75 Å². The van der Waals surface area contributed by atoms with E-state index >= 15 is 0 Å². The Labute approximate surface area is 95.7 Å². The molecule has 2 nitrogen and oxygen atoms in total. The zero-order valence-electron chi connectivity index (χ0n) is 9.04. The molecule has 1 aromatic heterocycles. The minimum atomic E-state index is -4.64. The lowest BCUT2D eigenvalue weighted by Crippen LogP contribution is -2.08. The maximum absolute atomic E-state index is 12.6. The van der Waals surface area contributed by atoms with Gasteiger partial charge in [-0.2, -0.15) is 13.2 Å². The molecule has 0 aliphatic rings. The predicted molar refractivity (Wildman–Crippen MR) is 57.8 cm³/mol. The number of halogens is 3. The van der Waals surface area contributed by atoms with Gasteiger partial charge < -0.3 is 5.11 Å². The summed E-state index contributed by atoms with van der Waals surface area (Å²) >= 11 is 0. The van der Waals surface area contributed by atoms with Crippen LogP contribution in [0.15, 0.2) is 24.3 Å². The van der Waals surface area contributed by atoms with Gasteiger partial charge in [-0.25, -0.2) is 4.98 Å². The van der Waals surface area contributed by atoms with Crippen molar-refractivity contribution in [1.29, 1.82) is 0 Å². The first-order valence-corrected chi connectivity index (χ1v) is 5.12. The summed E-state index contributed by atoms with van der Waals surface area (Å²) in [5.41, 5.74) is -0.209. The number of aromatic hydroxyl groups is 1. The Morgan fingerprint density at radius 1 is 1.29 bits per heavy atom. The quantitative estimate of drug-likeness (QED) is 0.828. The molecule has 1 N–H and O–H groups in total. The molecule has 17 heavy (non-hydrogen) atoms. The largest absolute Gasteiger partial charge is 0.506 e. The zero-order valence-corrected chi connectivity index (χ0v) is 9.04. The molecular formula is C12H10F3NO. The van der Waals surface area contributed by atoms with Gasteiger partial charge in [0, 0.05) is 5.39 Å². The maximum atomic E-state index is 12.6. The maximum Gasteiger partial charge on any atom is 0.437 e. The molecule has 0 saturated carbocycles. The second-order valence-electron chi connectivity index (χ2n) is 3.70. The van der Waals surface area contributed by atoms with Gasteiger partial charge in [-0.1, -0.05) is 25.1 Å². The topological polar surface area (TPSA) is 33.1 Å². The molecule has 2 rings (SSSR count). The number of para-hydroxylation sites is 1. The highest BCUT2D eigenvalue weighted by Crippen LogP contribution is 2.36. The highest BCUT2D eigenvalue weighted by atomic mass is 19.4. The number of pyridine rings is 1. The first-order valence-electron chi connectivity index (χ1n) is 5.12. The van der Waals surface area contributed by atoms with E-state index in [0.717, 1.165) is 11.6 Å². The van der Waals surface area contributed by atoms with Crippen LogP contribution in [-0.4, -0.2) is 10.1 Å². The van der Waals surface area contributed by atoms with Crippen LogP contribution in [0, 0.1) is 0 Å². The molecule has 0 unspecified atom stereocenters. The van der Waals surface area contributed by atoms with Crippen LogP contribution in [0.1, 0.15) is 18.2 Å². The Morgan fingerprint density at radius 2 is 2.00 bits per heavy atom. The summed E-state index contributed by atoms with van der Waals surface area (Å²) in [7, 11) is 0. The van der Waals surface area contributed by atoms with Crippen molar-refractivity contribution in [2.75, 3.05) is 0 Å². The Kier molecular flexibility index (Phi) is 2.69. The minimum absolute atomic E-state index is 0.292. The van der Waals surface area contributed by atoms with E-state index in [2.05, 4.69) is 4.98 Å². The number of fused-ring (bicyclic) bond motifs is 1. The highest BCUT2D eigenvalue weighted by molar-refractivity contribution is 5.83. The second kappa shape index (κ2) is 3.91. The van der Waals surface area contributed by atoms with Crippen molar-refractivity contribution in [3.05, 3.63) is 35.5 Å². The molecule has 2 aromatic rings. The van der Waals surface area contributed by atoms with E-state index in [-0.39, 0.29) is 0 Å². The third-order valence-corrected chi connectivity index (χ3v) is 2.56.